The molecule has 0 saturated carbocycles. The zero-order valence-corrected chi connectivity index (χ0v) is 22.4. The highest BCUT2D eigenvalue weighted by atomic mass is 35.5. The van der Waals surface area contributed by atoms with E-state index < -0.39 is 25.7 Å². The number of halogens is 1. The molecule has 200 valence electrons. The van der Waals surface area contributed by atoms with Gasteiger partial charge in [-0.05, 0) is 72.0 Å². The summed E-state index contributed by atoms with van der Waals surface area (Å²) in [5.74, 6) is -0.594. The maximum absolute atomic E-state index is 13.3. The summed E-state index contributed by atoms with van der Waals surface area (Å²) in [5.41, 5.74) is 3.06. The van der Waals surface area contributed by atoms with Gasteiger partial charge in [-0.2, -0.15) is 0 Å². The summed E-state index contributed by atoms with van der Waals surface area (Å²) in [5, 5.41) is 22.3. The molecule has 0 aromatic heterocycles. The van der Waals surface area contributed by atoms with Gasteiger partial charge in [-0.3, -0.25) is 9.36 Å². The van der Waals surface area contributed by atoms with Crippen molar-refractivity contribution in [2.45, 2.75) is 25.0 Å². The van der Waals surface area contributed by atoms with Crippen LogP contribution in [0.2, 0.25) is 5.02 Å². The number of aliphatic hydroxyl groups is 1. The first-order valence-electron chi connectivity index (χ1n) is 12.4. The van der Waals surface area contributed by atoms with E-state index in [4.69, 9.17) is 11.6 Å². The second-order valence-electron chi connectivity index (χ2n) is 9.61. The van der Waals surface area contributed by atoms with Crippen LogP contribution >= 0.6 is 19.2 Å². The normalized spacial score (nSPS) is 18.1. The topological polar surface area (TPSA) is 118 Å². The van der Waals surface area contributed by atoms with E-state index in [-0.39, 0.29) is 17.0 Å². The molecular formula is C30H27ClNO6P. The predicted molar refractivity (Wildman–Crippen MR) is 151 cm³/mol. The van der Waals surface area contributed by atoms with Gasteiger partial charge in [0.15, 0.2) is 0 Å². The molecule has 3 atom stereocenters. The Balaban J connectivity index is 1.44. The molecule has 4 N–H and O–H groups in total. The van der Waals surface area contributed by atoms with Crippen molar-refractivity contribution in [3.63, 3.8) is 0 Å². The molecule has 7 nitrogen and oxygen atoms in total. The quantitative estimate of drug-likeness (QED) is 0.160. The summed E-state index contributed by atoms with van der Waals surface area (Å²) in [6, 6.07) is 26.8. The number of β-lactam (4-membered cyclic amide) rings is 1. The van der Waals surface area contributed by atoms with Gasteiger partial charge in [0.05, 0.1) is 23.4 Å². The Labute approximate surface area is 231 Å². The Bertz CT molecular complexity index is 1560. The van der Waals surface area contributed by atoms with Crippen molar-refractivity contribution in [2.75, 3.05) is 4.90 Å². The fraction of sp³-hybridized carbons (Fsp3) is 0.167. The van der Waals surface area contributed by atoms with Crippen LogP contribution in [0.25, 0.3) is 11.1 Å². The molecular weight excluding hydrogens is 537 g/mol. The number of rotatable bonds is 8. The number of aliphatic hydroxyl groups excluding tert-OH is 1. The number of amides is 1. The molecule has 1 heterocycles. The van der Waals surface area contributed by atoms with E-state index in [0.29, 0.717) is 45.8 Å². The Morgan fingerprint density at radius 3 is 2.28 bits per heavy atom. The zero-order chi connectivity index (χ0) is 27.7. The SMILES string of the molecule is O=C1C(CCC(O)c2cccc(Cl)c2)C(c2ccc(-c3cccc(P(=O)(O)O)c3)cc2O)N1c1ccccc1. The van der Waals surface area contributed by atoms with Crippen LogP contribution in [0.15, 0.2) is 97.1 Å². The Hall–Kier alpha value is -3.45. The summed E-state index contributed by atoms with van der Waals surface area (Å²) in [4.78, 5) is 34.1. The van der Waals surface area contributed by atoms with Crippen LogP contribution in [0, 0.1) is 5.92 Å². The van der Waals surface area contributed by atoms with E-state index in [1.165, 1.54) is 18.2 Å². The lowest BCUT2D eigenvalue weighted by Gasteiger charge is -2.48. The lowest BCUT2D eigenvalue weighted by Crippen LogP contribution is -2.55. The van der Waals surface area contributed by atoms with Gasteiger partial charge in [0, 0.05) is 16.3 Å². The summed E-state index contributed by atoms with van der Waals surface area (Å²) >= 11 is 6.07. The third-order valence-electron chi connectivity index (χ3n) is 7.10. The van der Waals surface area contributed by atoms with E-state index in [2.05, 4.69) is 0 Å². The van der Waals surface area contributed by atoms with Gasteiger partial charge in [0.2, 0.25) is 5.91 Å². The van der Waals surface area contributed by atoms with E-state index in [9.17, 15) is 29.4 Å². The van der Waals surface area contributed by atoms with Crippen molar-refractivity contribution in [3.05, 3.63) is 113 Å². The van der Waals surface area contributed by atoms with Gasteiger partial charge in [0.1, 0.15) is 5.75 Å². The van der Waals surface area contributed by atoms with Crippen molar-refractivity contribution in [2.24, 2.45) is 5.92 Å². The second kappa shape index (κ2) is 11.0. The summed E-state index contributed by atoms with van der Waals surface area (Å²) < 4.78 is 11.7. The fourth-order valence-corrected chi connectivity index (χ4v) is 5.91. The molecule has 1 aliphatic heterocycles. The molecule has 9 heteroatoms. The number of para-hydroxylation sites is 1. The molecule has 0 radical (unpaired) electrons. The van der Waals surface area contributed by atoms with Crippen molar-refractivity contribution in [3.8, 4) is 16.9 Å². The molecule has 4 aromatic carbocycles. The molecule has 1 aliphatic rings. The van der Waals surface area contributed by atoms with E-state index in [0.717, 1.165) is 0 Å². The fourth-order valence-electron chi connectivity index (χ4n) is 5.12. The average molecular weight is 564 g/mol. The van der Waals surface area contributed by atoms with Crippen LogP contribution in [-0.4, -0.2) is 25.9 Å². The van der Waals surface area contributed by atoms with Gasteiger partial charge in [-0.1, -0.05) is 66.2 Å². The smallest absolute Gasteiger partial charge is 0.356 e. The van der Waals surface area contributed by atoms with Crippen LogP contribution in [0.3, 0.4) is 0 Å². The lowest BCUT2D eigenvalue weighted by atomic mass is 9.77. The molecule has 1 amide bonds. The highest BCUT2D eigenvalue weighted by Gasteiger charge is 2.49. The number of phenols is 1. The standard InChI is InChI=1S/C30H27ClNO6P/c31-22-8-4-7-21(16-22)27(33)15-14-26-29(32(30(26)35)23-9-2-1-3-10-23)25-13-12-20(18-28(25)34)19-6-5-11-24(17-19)39(36,37)38/h1-13,16-18,26-27,29,33-34H,14-15H2,(H2,36,37,38). The van der Waals surface area contributed by atoms with Crippen molar-refractivity contribution in [1.29, 1.82) is 0 Å². The first kappa shape index (κ1) is 27.1. The molecule has 39 heavy (non-hydrogen) atoms. The highest BCUT2D eigenvalue weighted by molar-refractivity contribution is 7.60. The van der Waals surface area contributed by atoms with Crippen LogP contribution in [-0.2, 0) is 9.36 Å². The van der Waals surface area contributed by atoms with Gasteiger partial charge in [-0.15, -0.1) is 0 Å². The third-order valence-corrected chi connectivity index (χ3v) is 8.28. The van der Waals surface area contributed by atoms with Gasteiger partial charge in [0.25, 0.3) is 0 Å². The van der Waals surface area contributed by atoms with Crippen LogP contribution in [0.4, 0.5) is 5.69 Å². The van der Waals surface area contributed by atoms with Crippen molar-refractivity contribution < 1.29 is 29.4 Å². The number of carbonyl (C=O) groups is 1. The predicted octanol–water partition coefficient (Wildman–Crippen LogP) is 5.73. The number of anilines is 1. The molecule has 0 aliphatic carbocycles. The summed E-state index contributed by atoms with van der Waals surface area (Å²) in [7, 11) is -4.43. The number of carbonyl (C=O) groups excluding carboxylic acids is 1. The number of nitrogens with zero attached hydrogens (tertiary/aromatic N) is 1. The molecule has 5 rings (SSSR count). The second-order valence-corrected chi connectivity index (χ2v) is 11.7. The highest BCUT2D eigenvalue weighted by Crippen LogP contribution is 2.49. The van der Waals surface area contributed by atoms with Crippen LogP contribution < -0.4 is 10.2 Å². The zero-order valence-electron chi connectivity index (χ0n) is 20.8. The number of hydrogen-bond donors (Lipinski definition) is 4. The first-order valence-corrected chi connectivity index (χ1v) is 14.4. The Kier molecular flexibility index (Phi) is 7.63. The molecule has 1 saturated heterocycles. The monoisotopic (exact) mass is 563 g/mol. The van der Waals surface area contributed by atoms with Gasteiger partial charge in [-0.25, -0.2) is 0 Å². The number of benzene rings is 4. The maximum atomic E-state index is 13.3. The summed E-state index contributed by atoms with van der Waals surface area (Å²) in [6.07, 6.45) is -0.0594. The minimum Gasteiger partial charge on any atom is -0.508 e. The average Bonchev–Trinajstić information content (AvgIpc) is 2.92. The van der Waals surface area contributed by atoms with Gasteiger partial charge < -0.3 is 24.9 Å². The summed E-state index contributed by atoms with van der Waals surface area (Å²) in [6.45, 7) is 0. The minimum atomic E-state index is -4.43. The van der Waals surface area contributed by atoms with Gasteiger partial charge >= 0.3 is 7.60 Å². The molecule has 4 aromatic rings. The largest absolute Gasteiger partial charge is 0.508 e. The van der Waals surface area contributed by atoms with E-state index in [1.807, 2.05) is 30.3 Å². The van der Waals surface area contributed by atoms with Crippen molar-refractivity contribution >= 4 is 36.1 Å². The lowest BCUT2D eigenvalue weighted by molar-refractivity contribution is -0.131. The molecule has 1 fully saturated rings. The molecule has 0 bridgehead atoms. The van der Waals surface area contributed by atoms with E-state index >= 15 is 0 Å². The molecule has 0 spiro atoms. The van der Waals surface area contributed by atoms with Crippen molar-refractivity contribution in [1.82, 2.24) is 0 Å². The van der Waals surface area contributed by atoms with Crippen LogP contribution in [0.5, 0.6) is 5.75 Å². The Morgan fingerprint density at radius 1 is 0.872 bits per heavy atom. The van der Waals surface area contributed by atoms with E-state index in [1.54, 1.807) is 53.4 Å². The number of phenolic OH excluding ortho intramolecular Hbond substituents is 1. The van der Waals surface area contributed by atoms with Crippen LogP contribution in [0.1, 0.15) is 36.1 Å². The third kappa shape index (κ3) is 5.64. The minimum absolute atomic E-state index is 0.0343. The Morgan fingerprint density at radius 2 is 1.59 bits per heavy atom. The number of aromatic hydroxyl groups is 1. The first-order chi connectivity index (χ1) is 18.6. The molecule has 3 unspecified atom stereocenters. The number of hydrogen-bond acceptors (Lipinski definition) is 4. The maximum Gasteiger partial charge on any atom is 0.356 e.